The summed E-state index contributed by atoms with van der Waals surface area (Å²) in [4.78, 5) is 0. The molecule has 2 aromatic carbocycles. The average Bonchev–Trinajstić information content (AvgIpc) is 2.34. The number of rotatable bonds is 2. The smallest absolute Gasteiger partial charge is 0.100 e. The predicted molar refractivity (Wildman–Crippen MR) is 81.3 cm³/mol. The summed E-state index contributed by atoms with van der Waals surface area (Å²) in [7, 11) is 0. The third-order valence-electron chi connectivity index (χ3n) is 2.30. The fourth-order valence-corrected chi connectivity index (χ4v) is 2.39. The van der Waals surface area contributed by atoms with E-state index in [0.29, 0.717) is 10.6 Å². The van der Waals surface area contributed by atoms with Gasteiger partial charge in [0, 0.05) is 20.3 Å². The number of nitrogens with zero attached hydrogens (tertiary/aromatic N) is 1. The van der Waals surface area contributed by atoms with Gasteiger partial charge in [0.1, 0.15) is 6.07 Å². The van der Waals surface area contributed by atoms with Crippen LogP contribution in [0.2, 0.25) is 5.02 Å². The van der Waals surface area contributed by atoms with Gasteiger partial charge in [-0.1, -0.05) is 11.6 Å². The normalized spacial score (nSPS) is 9.89. The van der Waals surface area contributed by atoms with E-state index >= 15 is 0 Å². The molecule has 0 spiro atoms. The van der Waals surface area contributed by atoms with E-state index < -0.39 is 0 Å². The van der Waals surface area contributed by atoms with Gasteiger partial charge < -0.3 is 5.32 Å². The third kappa shape index (κ3) is 3.05. The number of halogens is 3. The van der Waals surface area contributed by atoms with Crippen molar-refractivity contribution in [3.8, 4) is 6.07 Å². The Morgan fingerprint density at radius 3 is 2.17 bits per heavy atom. The first-order chi connectivity index (χ1) is 8.60. The highest BCUT2D eigenvalue weighted by Crippen LogP contribution is 2.28. The van der Waals surface area contributed by atoms with E-state index in [1.807, 2.05) is 30.3 Å². The van der Waals surface area contributed by atoms with E-state index in [4.69, 9.17) is 16.9 Å². The van der Waals surface area contributed by atoms with Crippen LogP contribution in [0.5, 0.6) is 0 Å². The summed E-state index contributed by atoms with van der Waals surface area (Å²) < 4.78 is 1.60. The average molecular weight is 386 g/mol. The Hall–Kier alpha value is -1.02. The topological polar surface area (TPSA) is 35.8 Å². The second kappa shape index (κ2) is 5.75. The van der Waals surface area contributed by atoms with Crippen molar-refractivity contribution in [3.63, 3.8) is 0 Å². The molecule has 0 saturated heterocycles. The van der Waals surface area contributed by atoms with E-state index in [-0.39, 0.29) is 0 Å². The summed E-state index contributed by atoms with van der Waals surface area (Å²) in [6, 6.07) is 13.2. The first kappa shape index (κ1) is 13.4. The Bertz CT molecular complexity index is 635. The van der Waals surface area contributed by atoms with Crippen molar-refractivity contribution < 1.29 is 0 Å². The number of nitriles is 1. The molecule has 0 amide bonds. The molecule has 0 saturated carbocycles. The van der Waals surface area contributed by atoms with Crippen molar-refractivity contribution in [3.05, 3.63) is 55.9 Å². The summed E-state index contributed by atoms with van der Waals surface area (Å²) >= 11 is 12.7. The zero-order chi connectivity index (χ0) is 13.1. The minimum absolute atomic E-state index is 0.609. The van der Waals surface area contributed by atoms with Gasteiger partial charge in [0.25, 0.3) is 0 Å². The number of hydrogen-bond donors (Lipinski definition) is 1. The Morgan fingerprint density at radius 2 is 1.61 bits per heavy atom. The van der Waals surface area contributed by atoms with E-state index in [1.54, 1.807) is 6.07 Å². The molecule has 5 heteroatoms. The third-order valence-corrected chi connectivity index (χ3v) is 4.17. The molecule has 0 aliphatic heterocycles. The first-order valence-corrected chi connectivity index (χ1v) is 6.98. The first-order valence-electron chi connectivity index (χ1n) is 5.02. The van der Waals surface area contributed by atoms with Crippen LogP contribution in [0.25, 0.3) is 0 Å². The summed E-state index contributed by atoms with van der Waals surface area (Å²) in [5.74, 6) is 0. The SMILES string of the molecule is N#Cc1ccc(Nc2ccc(Cl)c(Br)c2)cc1Br. The highest BCUT2D eigenvalue weighted by Gasteiger charge is 2.02. The second-order valence-corrected chi connectivity index (χ2v) is 5.68. The Balaban J connectivity index is 2.26. The van der Waals surface area contributed by atoms with Gasteiger partial charge in [-0.3, -0.25) is 0 Å². The van der Waals surface area contributed by atoms with E-state index in [1.165, 1.54) is 0 Å². The molecule has 2 nitrogen and oxygen atoms in total. The minimum Gasteiger partial charge on any atom is -0.355 e. The van der Waals surface area contributed by atoms with Crippen molar-refractivity contribution in [1.82, 2.24) is 0 Å². The van der Waals surface area contributed by atoms with Crippen LogP contribution in [0.1, 0.15) is 5.56 Å². The van der Waals surface area contributed by atoms with E-state index in [2.05, 4.69) is 43.2 Å². The maximum absolute atomic E-state index is 8.84. The predicted octanol–water partition coefficient (Wildman–Crippen LogP) is 5.48. The van der Waals surface area contributed by atoms with Gasteiger partial charge >= 0.3 is 0 Å². The van der Waals surface area contributed by atoms with Crippen LogP contribution < -0.4 is 5.32 Å². The molecule has 0 radical (unpaired) electrons. The van der Waals surface area contributed by atoms with Crippen molar-refractivity contribution in [2.75, 3.05) is 5.32 Å². The van der Waals surface area contributed by atoms with Crippen molar-refractivity contribution >= 4 is 54.8 Å². The largest absolute Gasteiger partial charge is 0.355 e. The fraction of sp³-hybridized carbons (Fsp3) is 0. The molecule has 18 heavy (non-hydrogen) atoms. The summed E-state index contributed by atoms with van der Waals surface area (Å²) in [5, 5.41) is 12.7. The zero-order valence-electron chi connectivity index (χ0n) is 9.05. The quantitative estimate of drug-likeness (QED) is 0.742. The van der Waals surface area contributed by atoms with Crippen LogP contribution in [0, 0.1) is 11.3 Å². The molecule has 0 unspecified atom stereocenters. The van der Waals surface area contributed by atoms with Crippen LogP contribution in [-0.2, 0) is 0 Å². The van der Waals surface area contributed by atoms with E-state index in [9.17, 15) is 0 Å². The van der Waals surface area contributed by atoms with Gasteiger partial charge in [-0.2, -0.15) is 5.26 Å². The van der Waals surface area contributed by atoms with Crippen LogP contribution in [0.3, 0.4) is 0 Å². The molecular formula is C13H7Br2ClN2. The number of anilines is 2. The highest BCUT2D eigenvalue weighted by molar-refractivity contribution is 9.10. The number of nitrogens with one attached hydrogen (secondary N) is 1. The molecule has 0 bridgehead atoms. The lowest BCUT2D eigenvalue weighted by Gasteiger charge is -2.08. The number of hydrogen-bond acceptors (Lipinski definition) is 2. The molecule has 0 fully saturated rings. The maximum Gasteiger partial charge on any atom is 0.100 e. The summed E-state index contributed by atoms with van der Waals surface area (Å²) in [6.07, 6.45) is 0. The Morgan fingerprint density at radius 1 is 1.00 bits per heavy atom. The fourth-order valence-electron chi connectivity index (χ4n) is 1.42. The molecule has 90 valence electrons. The molecule has 0 aromatic heterocycles. The molecule has 0 aliphatic rings. The van der Waals surface area contributed by atoms with Crippen LogP contribution >= 0.6 is 43.5 Å². The van der Waals surface area contributed by atoms with Crippen LogP contribution in [0.15, 0.2) is 45.3 Å². The van der Waals surface area contributed by atoms with Gasteiger partial charge in [0.05, 0.1) is 10.6 Å². The van der Waals surface area contributed by atoms with Gasteiger partial charge in [0.2, 0.25) is 0 Å². The highest BCUT2D eigenvalue weighted by atomic mass is 79.9. The van der Waals surface area contributed by atoms with Gasteiger partial charge in [-0.25, -0.2) is 0 Å². The van der Waals surface area contributed by atoms with Crippen LogP contribution in [0.4, 0.5) is 11.4 Å². The summed E-state index contributed by atoms with van der Waals surface area (Å²) in [6.45, 7) is 0. The second-order valence-electron chi connectivity index (χ2n) is 3.56. The van der Waals surface area contributed by atoms with Crippen LogP contribution in [-0.4, -0.2) is 0 Å². The molecule has 1 N–H and O–H groups in total. The lowest BCUT2D eigenvalue weighted by atomic mass is 10.2. The van der Waals surface area contributed by atoms with Gasteiger partial charge in [-0.15, -0.1) is 0 Å². The molecule has 2 rings (SSSR count). The maximum atomic E-state index is 8.84. The van der Waals surface area contributed by atoms with Crippen molar-refractivity contribution in [2.24, 2.45) is 0 Å². The van der Waals surface area contributed by atoms with E-state index in [0.717, 1.165) is 20.3 Å². The lowest BCUT2D eigenvalue weighted by Crippen LogP contribution is -1.91. The summed E-state index contributed by atoms with van der Waals surface area (Å²) in [5.41, 5.74) is 2.43. The van der Waals surface area contributed by atoms with Crippen molar-refractivity contribution in [2.45, 2.75) is 0 Å². The molecule has 0 atom stereocenters. The lowest BCUT2D eigenvalue weighted by molar-refractivity contribution is 1.45. The van der Waals surface area contributed by atoms with Gasteiger partial charge in [-0.05, 0) is 68.3 Å². The monoisotopic (exact) mass is 384 g/mol. The van der Waals surface area contributed by atoms with Gasteiger partial charge in [0.15, 0.2) is 0 Å². The minimum atomic E-state index is 0.609. The molecule has 0 aliphatic carbocycles. The standard InChI is InChI=1S/C13H7Br2ClN2/c14-11-5-9(2-1-8(11)7-17)18-10-3-4-13(16)12(15)6-10/h1-6,18H. The Kier molecular flexibility index (Phi) is 4.28. The zero-order valence-corrected chi connectivity index (χ0v) is 13.0. The van der Waals surface area contributed by atoms with Crippen molar-refractivity contribution in [1.29, 1.82) is 5.26 Å². The molecule has 2 aromatic rings. The molecule has 0 heterocycles. The molecular weight excluding hydrogens is 379 g/mol. The Labute approximate surface area is 127 Å². The number of benzene rings is 2.